The number of carbonyl (C=O) groups excluding carboxylic acids is 5. The van der Waals surface area contributed by atoms with Crippen molar-refractivity contribution in [2.75, 3.05) is 6.61 Å². The molecule has 2 heterocycles. The molecule has 11 heteroatoms. The van der Waals surface area contributed by atoms with Gasteiger partial charge in [0.25, 0.3) is 0 Å². The first-order chi connectivity index (χ1) is 13.9. The molecule has 2 aliphatic rings. The summed E-state index contributed by atoms with van der Waals surface area (Å²) in [7, 11) is 0. The van der Waals surface area contributed by atoms with Gasteiger partial charge in [-0.2, -0.15) is 0 Å². The highest BCUT2D eigenvalue weighted by Crippen LogP contribution is 2.43. The van der Waals surface area contributed by atoms with E-state index in [0.717, 1.165) is 0 Å². The van der Waals surface area contributed by atoms with Gasteiger partial charge >= 0.3 is 29.8 Å². The van der Waals surface area contributed by atoms with E-state index < -0.39 is 72.4 Å². The Labute approximate surface area is 173 Å². The maximum Gasteiger partial charge on any atom is 0.303 e. The molecule has 0 amide bonds. The molecule has 0 bridgehead atoms. The molecule has 0 spiro atoms. The second-order valence-corrected chi connectivity index (χ2v) is 7.34. The number of carbonyl (C=O) groups is 5. The van der Waals surface area contributed by atoms with E-state index >= 15 is 0 Å². The van der Waals surface area contributed by atoms with Crippen LogP contribution >= 0.6 is 0 Å². The summed E-state index contributed by atoms with van der Waals surface area (Å²) in [4.78, 5) is 60.1. The quantitative estimate of drug-likeness (QED) is 0.408. The highest BCUT2D eigenvalue weighted by molar-refractivity contribution is 5.69. The fourth-order valence-electron chi connectivity index (χ4n) is 4.28. The lowest BCUT2D eigenvalue weighted by Crippen LogP contribution is -2.49. The minimum Gasteiger partial charge on any atom is -0.464 e. The highest BCUT2D eigenvalue weighted by Gasteiger charge is 2.65. The van der Waals surface area contributed by atoms with Gasteiger partial charge in [-0.25, -0.2) is 0 Å². The second-order valence-electron chi connectivity index (χ2n) is 7.34. The molecule has 11 nitrogen and oxygen atoms in total. The van der Waals surface area contributed by atoms with Crippen molar-refractivity contribution in [1.82, 2.24) is 4.90 Å². The van der Waals surface area contributed by atoms with Crippen LogP contribution in [0, 0.1) is 0 Å². The molecule has 0 aromatic carbocycles. The van der Waals surface area contributed by atoms with Gasteiger partial charge in [0.05, 0.1) is 12.1 Å². The molecule has 0 radical (unpaired) electrons. The molecule has 0 unspecified atom stereocenters. The van der Waals surface area contributed by atoms with Crippen LogP contribution in [0.4, 0.5) is 0 Å². The average Bonchev–Trinajstić information content (AvgIpc) is 3.00. The smallest absolute Gasteiger partial charge is 0.303 e. The van der Waals surface area contributed by atoms with Crippen LogP contribution in [-0.2, 0) is 47.7 Å². The summed E-state index contributed by atoms with van der Waals surface area (Å²) >= 11 is 0. The van der Waals surface area contributed by atoms with E-state index in [1.165, 1.54) is 34.6 Å². The number of rotatable bonds is 6. The molecule has 2 aliphatic heterocycles. The predicted molar refractivity (Wildman–Crippen MR) is 97.7 cm³/mol. The van der Waals surface area contributed by atoms with Crippen molar-refractivity contribution in [2.45, 2.75) is 84.1 Å². The molecule has 0 aliphatic carbocycles. The monoisotopic (exact) mass is 429 g/mol. The van der Waals surface area contributed by atoms with Gasteiger partial charge in [-0.15, -0.1) is 0 Å². The number of ether oxygens (including phenoxy) is 5. The molecular weight excluding hydrogens is 402 g/mol. The Hall–Kier alpha value is -2.69. The third-order valence-corrected chi connectivity index (χ3v) is 5.04. The summed E-state index contributed by atoms with van der Waals surface area (Å²) < 4.78 is 26.9. The largest absolute Gasteiger partial charge is 0.464 e. The van der Waals surface area contributed by atoms with E-state index in [2.05, 4.69) is 0 Å². The number of hydrogen-bond acceptors (Lipinski definition) is 11. The van der Waals surface area contributed by atoms with Gasteiger partial charge in [-0.3, -0.25) is 28.9 Å². The highest BCUT2D eigenvalue weighted by atomic mass is 16.6. The third kappa shape index (κ3) is 5.07. The maximum absolute atomic E-state index is 11.8. The normalized spacial score (nSPS) is 32.7. The van der Waals surface area contributed by atoms with Crippen molar-refractivity contribution in [2.24, 2.45) is 0 Å². The first kappa shape index (κ1) is 23.6. The van der Waals surface area contributed by atoms with Gasteiger partial charge in [0, 0.05) is 40.7 Å². The minimum absolute atomic E-state index is 0.175. The van der Waals surface area contributed by atoms with Gasteiger partial charge in [0.1, 0.15) is 6.61 Å². The average molecular weight is 429 g/mol. The molecule has 0 saturated carbocycles. The zero-order chi connectivity index (χ0) is 22.7. The van der Waals surface area contributed by atoms with Crippen LogP contribution in [0.3, 0.4) is 0 Å². The molecular formula is C19H27NO10. The van der Waals surface area contributed by atoms with Crippen molar-refractivity contribution >= 4 is 29.8 Å². The van der Waals surface area contributed by atoms with Crippen LogP contribution in [0.25, 0.3) is 0 Å². The number of fused-ring (bicyclic) bond motifs is 1. The van der Waals surface area contributed by atoms with Gasteiger partial charge in [0.2, 0.25) is 0 Å². The molecule has 168 valence electrons. The molecule has 0 aromatic heterocycles. The summed E-state index contributed by atoms with van der Waals surface area (Å²) in [5.74, 6) is -3.03. The summed E-state index contributed by atoms with van der Waals surface area (Å²) in [6.07, 6.45) is -3.90. The Bertz CT molecular complexity index is 722. The van der Waals surface area contributed by atoms with E-state index in [-0.39, 0.29) is 6.61 Å². The van der Waals surface area contributed by atoms with E-state index in [0.29, 0.717) is 0 Å². The number of hydrogen-bond donors (Lipinski definition) is 0. The van der Waals surface area contributed by atoms with Gasteiger partial charge in [-0.1, -0.05) is 0 Å². The SMILES string of the molecule is CC(=O)OC[C@@H]1[C@@H](OC(C)=O)[C@H](OC(C)=O)[C@H]2[C@H](OC(C)=O)[C@@H](OC(C)=O)[C@H](C)N21. The Morgan fingerprint density at radius 1 is 0.633 bits per heavy atom. The van der Waals surface area contributed by atoms with Crippen LogP contribution in [0.2, 0.25) is 0 Å². The summed E-state index contributed by atoms with van der Waals surface area (Å²) in [6.45, 7) is 7.60. The summed E-state index contributed by atoms with van der Waals surface area (Å²) in [5.41, 5.74) is 0. The molecule has 0 aromatic rings. The predicted octanol–water partition coefficient (Wildman–Crippen LogP) is -0.269. The third-order valence-electron chi connectivity index (χ3n) is 5.04. The topological polar surface area (TPSA) is 135 Å². The van der Waals surface area contributed by atoms with Crippen LogP contribution in [0.1, 0.15) is 41.5 Å². The van der Waals surface area contributed by atoms with Crippen LogP contribution in [0.15, 0.2) is 0 Å². The van der Waals surface area contributed by atoms with E-state index in [4.69, 9.17) is 23.7 Å². The summed E-state index contributed by atoms with van der Waals surface area (Å²) in [6, 6.07) is -2.04. The molecule has 2 fully saturated rings. The van der Waals surface area contributed by atoms with Gasteiger partial charge in [-0.05, 0) is 6.92 Å². The fraction of sp³-hybridized carbons (Fsp3) is 0.737. The Kier molecular flexibility index (Phi) is 7.40. The van der Waals surface area contributed by atoms with Gasteiger partial charge < -0.3 is 23.7 Å². The molecule has 30 heavy (non-hydrogen) atoms. The lowest BCUT2D eigenvalue weighted by molar-refractivity contribution is -0.175. The van der Waals surface area contributed by atoms with Crippen LogP contribution in [0.5, 0.6) is 0 Å². The van der Waals surface area contributed by atoms with Crippen molar-refractivity contribution in [3.63, 3.8) is 0 Å². The Morgan fingerprint density at radius 3 is 1.47 bits per heavy atom. The zero-order valence-corrected chi connectivity index (χ0v) is 17.8. The summed E-state index contributed by atoms with van der Waals surface area (Å²) in [5, 5.41) is 0. The number of nitrogens with zero attached hydrogens (tertiary/aromatic N) is 1. The maximum atomic E-state index is 11.8. The minimum atomic E-state index is -1.04. The Morgan fingerprint density at radius 2 is 1.03 bits per heavy atom. The first-order valence-electron chi connectivity index (χ1n) is 9.53. The standard InChI is InChI=1S/C19H27NO10/c1-8-16(27-10(3)22)18(29-12(5)24)15-19(30-13(6)25)17(28-11(4)23)14(20(8)15)7-26-9(2)21/h8,14-19H,7H2,1-6H3/t8-,14+,15+,16-,17+,18-,19+/m0/s1. The lowest BCUT2D eigenvalue weighted by atomic mass is 9.98. The Balaban J connectivity index is 2.53. The van der Waals surface area contributed by atoms with Crippen LogP contribution in [-0.4, -0.2) is 83.9 Å². The van der Waals surface area contributed by atoms with E-state index in [9.17, 15) is 24.0 Å². The second kappa shape index (κ2) is 9.41. The van der Waals surface area contributed by atoms with Crippen molar-refractivity contribution < 1.29 is 47.7 Å². The molecule has 0 N–H and O–H groups in total. The lowest BCUT2D eigenvalue weighted by Gasteiger charge is -2.31. The fourth-order valence-corrected chi connectivity index (χ4v) is 4.28. The van der Waals surface area contributed by atoms with Crippen LogP contribution < -0.4 is 0 Å². The van der Waals surface area contributed by atoms with Crippen molar-refractivity contribution in [3.05, 3.63) is 0 Å². The van der Waals surface area contributed by atoms with E-state index in [1.807, 2.05) is 0 Å². The molecule has 2 saturated heterocycles. The van der Waals surface area contributed by atoms with Crippen molar-refractivity contribution in [3.8, 4) is 0 Å². The number of esters is 5. The van der Waals surface area contributed by atoms with E-state index in [1.54, 1.807) is 11.8 Å². The van der Waals surface area contributed by atoms with Gasteiger partial charge in [0.15, 0.2) is 24.4 Å². The molecule has 7 atom stereocenters. The molecule has 2 rings (SSSR count). The van der Waals surface area contributed by atoms with Crippen molar-refractivity contribution in [1.29, 1.82) is 0 Å². The first-order valence-corrected chi connectivity index (χ1v) is 9.53. The zero-order valence-electron chi connectivity index (χ0n) is 17.8.